The lowest BCUT2D eigenvalue weighted by Crippen LogP contribution is -2.16. The fraction of sp³-hybridized carbons (Fsp3) is 0.379. The largest absolute Gasteiger partial charge is 0.453 e. The first kappa shape index (κ1) is 26.0. The van der Waals surface area contributed by atoms with Gasteiger partial charge in [0, 0.05) is 11.1 Å². The highest BCUT2D eigenvalue weighted by Crippen LogP contribution is 2.44. The van der Waals surface area contributed by atoms with Gasteiger partial charge in [0.05, 0.1) is 0 Å². The monoisotopic (exact) mass is 504 g/mol. The number of aryl methyl sites for hydroxylation is 1. The number of benzene rings is 3. The van der Waals surface area contributed by atoms with E-state index in [2.05, 4.69) is 11.7 Å². The summed E-state index contributed by atoms with van der Waals surface area (Å²) >= 11 is 0. The van der Waals surface area contributed by atoms with Crippen molar-refractivity contribution in [1.82, 2.24) is 0 Å². The maximum absolute atomic E-state index is 15.8. The second-order valence-electron chi connectivity index (χ2n) is 9.36. The molecule has 0 bridgehead atoms. The van der Waals surface area contributed by atoms with E-state index in [0.29, 0.717) is 22.6 Å². The van der Waals surface area contributed by atoms with E-state index in [1.54, 1.807) is 31.2 Å². The molecule has 0 radical (unpaired) electrons. The van der Waals surface area contributed by atoms with E-state index in [-0.39, 0.29) is 23.0 Å². The van der Waals surface area contributed by atoms with Crippen LogP contribution in [0.3, 0.4) is 0 Å². The Labute approximate surface area is 208 Å². The average Bonchev–Trinajstić information content (AvgIpc) is 2.84. The summed E-state index contributed by atoms with van der Waals surface area (Å²) in [6.07, 6.45) is 5.58. The van der Waals surface area contributed by atoms with Crippen LogP contribution in [0.2, 0.25) is 0 Å². The van der Waals surface area contributed by atoms with Crippen LogP contribution in [0.1, 0.15) is 62.5 Å². The number of hydrogen-bond acceptors (Lipinski definition) is 2. The fourth-order valence-corrected chi connectivity index (χ4v) is 5.15. The van der Waals surface area contributed by atoms with Crippen LogP contribution in [0.4, 0.5) is 22.0 Å². The van der Waals surface area contributed by atoms with E-state index in [1.165, 1.54) is 12.1 Å². The molecular formula is C29H29F5O2. The van der Waals surface area contributed by atoms with Crippen molar-refractivity contribution in [2.75, 3.05) is 0 Å². The van der Waals surface area contributed by atoms with E-state index >= 15 is 4.39 Å². The van der Waals surface area contributed by atoms with Crippen LogP contribution >= 0.6 is 0 Å². The quantitative estimate of drug-likeness (QED) is 0.284. The Morgan fingerprint density at radius 3 is 2.28 bits per heavy atom. The van der Waals surface area contributed by atoms with Crippen molar-refractivity contribution in [3.63, 3.8) is 0 Å². The zero-order chi connectivity index (χ0) is 25.8. The number of halogens is 5. The number of alkyl halides is 2. The van der Waals surface area contributed by atoms with E-state index in [9.17, 15) is 17.6 Å². The molecule has 0 unspecified atom stereocenters. The number of para-hydroxylation sites is 1. The van der Waals surface area contributed by atoms with Crippen LogP contribution in [0.25, 0.3) is 11.1 Å². The molecule has 1 aliphatic rings. The molecule has 36 heavy (non-hydrogen) atoms. The van der Waals surface area contributed by atoms with Gasteiger partial charge in [0.25, 0.3) is 0 Å². The molecule has 1 aliphatic carbocycles. The lowest BCUT2D eigenvalue weighted by Gasteiger charge is -2.29. The first-order valence-electron chi connectivity index (χ1n) is 12.3. The Balaban J connectivity index is 1.65. The topological polar surface area (TPSA) is 18.5 Å². The van der Waals surface area contributed by atoms with E-state index in [1.807, 2.05) is 0 Å². The molecular weight excluding hydrogens is 475 g/mol. The highest BCUT2D eigenvalue weighted by molar-refractivity contribution is 5.71. The Morgan fingerprint density at radius 2 is 1.61 bits per heavy atom. The van der Waals surface area contributed by atoms with Gasteiger partial charge in [-0.15, -0.1) is 0 Å². The minimum Gasteiger partial charge on any atom is -0.453 e. The van der Waals surface area contributed by atoms with Gasteiger partial charge < -0.3 is 9.47 Å². The van der Waals surface area contributed by atoms with Gasteiger partial charge in [-0.05, 0) is 79.8 Å². The third-order valence-corrected chi connectivity index (χ3v) is 6.90. The third kappa shape index (κ3) is 5.66. The summed E-state index contributed by atoms with van der Waals surface area (Å²) in [6, 6.07) is 11.5. The molecule has 4 rings (SSSR count). The molecule has 1 saturated carbocycles. The van der Waals surface area contributed by atoms with Crippen molar-refractivity contribution in [3.8, 4) is 28.4 Å². The summed E-state index contributed by atoms with van der Waals surface area (Å²) in [6.45, 7) is 0.566. The van der Waals surface area contributed by atoms with Gasteiger partial charge >= 0.3 is 6.61 Å². The Morgan fingerprint density at radius 1 is 0.889 bits per heavy atom. The minimum atomic E-state index is -3.15. The van der Waals surface area contributed by atoms with Crippen molar-refractivity contribution >= 4 is 0 Å². The molecule has 0 N–H and O–H groups in total. The van der Waals surface area contributed by atoms with Crippen LogP contribution in [-0.4, -0.2) is 6.61 Å². The van der Waals surface area contributed by atoms with Gasteiger partial charge in [-0.1, -0.05) is 44.0 Å². The number of hydrogen-bond donors (Lipinski definition) is 0. The fourth-order valence-electron chi connectivity index (χ4n) is 5.15. The summed E-state index contributed by atoms with van der Waals surface area (Å²) in [5, 5.41) is 0. The van der Waals surface area contributed by atoms with Crippen LogP contribution < -0.4 is 9.47 Å². The highest BCUT2D eigenvalue weighted by Gasteiger charge is 2.29. The van der Waals surface area contributed by atoms with Gasteiger partial charge in [0.1, 0.15) is 11.6 Å². The third-order valence-electron chi connectivity index (χ3n) is 6.90. The summed E-state index contributed by atoms with van der Waals surface area (Å²) in [5.74, 6) is -2.29. The zero-order valence-electron chi connectivity index (χ0n) is 20.3. The lowest BCUT2D eigenvalue weighted by atomic mass is 9.77. The molecule has 1 fully saturated rings. The number of ether oxygens (including phenoxy) is 2. The summed E-state index contributed by atoms with van der Waals surface area (Å²) in [7, 11) is 0. The normalized spacial score (nSPS) is 17.9. The second-order valence-corrected chi connectivity index (χ2v) is 9.36. The Bertz CT molecular complexity index is 1200. The molecule has 0 spiro atoms. The van der Waals surface area contributed by atoms with Crippen LogP contribution in [0.5, 0.6) is 17.2 Å². The van der Waals surface area contributed by atoms with Gasteiger partial charge in [0.2, 0.25) is 0 Å². The molecule has 0 aliphatic heterocycles. The maximum atomic E-state index is 15.8. The van der Waals surface area contributed by atoms with Crippen molar-refractivity contribution in [1.29, 1.82) is 0 Å². The predicted octanol–water partition coefficient (Wildman–Crippen LogP) is 9.55. The minimum absolute atomic E-state index is 0.0579. The van der Waals surface area contributed by atoms with E-state index in [0.717, 1.165) is 50.7 Å². The molecule has 0 atom stereocenters. The van der Waals surface area contributed by atoms with Gasteiger partial charge in [-0.3, -0.25) is 0 Å². The lowest BCUT2D eigenvalue weighted by molar-refractivity contribution is -0.0521. The van der Waals surface area contributed by atoms with Gasteiger partial charge in [-0.2, -0.15) is 8.78 Å². The molecule has 3 aromatic carbocycles. The maximum Gasteiger partial charge on any atom is 0.387 e. The smallest absolute Gasteiger partial charge is 0.387 e. The van der Waals surface area contributed by atoms with Crippen molar-refractivity contribution < 1.29 is 31.4 Å². The van der Waals surface area contributed by atoms with Crippen LogP contribution in [0.15, 0.2) is 48.5 Å². The first-order valence-corrected chi connectivity index (χ1v) is 12.3. The van der Waals surface area contributed by atoms with E-state index < -0.39 is 29.8 Å². The van der Waals surface area contributed by atoms with Crippen molar-refractivity contribution in [3.05, 3.63) is 77.1 Å². The summed E-state index contributed by atoms with van der Waals surface area (Å²) in [5.41, 5.74) is 1.11. The molecule has 0 aromatic heterocycles. The van der Waals surface area contributed by atoms with Crippen LogP contribution in [0, 0.1) is 30.3 Å². The molecule has 0 amide bonds. The van der Waals surface area contributed by atoms with E-state index in [4.69, 9.17) is 4.74 Å². The molecule has 3 aromatic rings. The Kier molecular flexibility index (Phi) is 8.17. The van der Waals surface area contributed by atoms with Crippen molar-refractivity contribution in [2.24, 2.45) is 5.92 Å². The molecule has 0 saturated heterocycles. The first-order chi connectivity index (χ1) is 17.3. The van der Waals surface area contributed by atoms with Gasteiger partial charge in [0.15, 0.2) is 23.1 Å². The SMILES string of the molecule is CCCC1CCC(c2c(F)cc(C)c(Oc3ccccc3-c3ccc(OC(F)F)c(F)c3)c2F)CC1. The zero-order valence-corrected chi connectivity index (χ0v) is 20.3. The molecule has 0 heterocycles. The summed E-state index contributed by atoms with van der Waals surface area (Å²) < 4.78 is 80.2. The van der Waals surface area contributed by atoms with Crippen LogP contribution in [-0.2, 0) is 0 Å². The molecule has 192 valence electrons. The second kappa shape index (κ2) is 11.3. The predicted molar refractivity (Wildman–Crippen MR) is 129 cm³/mol. The van der Waals surface area contributed by atoms with Gasteiger partial charge in [-0.25, -0.2) is 13.2 Å². The highest BCUT2D eigenvalue weighted by atomic mass is 19.3. The molecule has 7 heteroatoms. The Hall–Kier alpha value is -3.09. The molecule has 2 nitrogen and oxygen atoms in total. The standard InChI is InChI=1S/C29H29F5O2/c1-3-6-18-9-11-19(12-10-18)26-23(31)15-17(2)28(27(26)32)35-24-8-5-4-7-21(24)20-13-14-25(22(30)16-20)36-29(33)34/h4-5,7-8,13-16,18-19,29H,3,6,9-12H2,1-2H3. The summed E-state index contributed by atoms with van der Waals surface area (Å²) in [4.78, 5) is 0. The van der Waals surface area contributed by atoms with Crippen molar-refractivity contribution in [2.45, 2.75) is 64.9 Å². The number of rotatable bonds is 8. The average molecular weight is 505 g/mol.